The van der Waals surface area contributed by atoms with E-state index in [1.54, 1.807) is 19.1 Å². The van der Waals surface area contributed by atoms with Crippen molar-refractivity contribution >= 4 is 23.7 Å². The highest BCUT2D eigenvalue weighted by atomic mass is 16.4. The topological polar surface area (TPSA) is 194 Å². The number of nitrogens with zero attached hydrogens (tertiary/aromatic N) is 1. The van der Waals surface area contributed by atoms with E-state index in [1.807, 2.05) is 0 Å². The second-order valence-corrected chi connectivity index (χ2v) is 7.31. The first kappa shape index (κ1) is 25.3. The van der Waals surface area contributed by atoms with Crippen LogP contribution in [-0.2, 0) is 32.0 Å². The molecule has 1 unspecified atom stereocenters. The summed E-state index contributed by atoms with van der Waals surface area (Å²) < 4.78 is 0. The molecule has 0 saturated heterocycles. The maximum Gasteiger partial charge on any atom is 0.322 e. The van der Waals surface area contributed by atoms with Crippen molar-refractivity contribution in [3.05, 3.63) is 48.0 Å². The van der Waals surface area contributed by atoms with Crippen LogP contribution in [0.5, 0.6) is 5.75 Å². The molecule has 0 fully saturated rings. The van der Waals surface area contributed by atoms with Crippen LogP contribution in [0.15, 0.2) is 36.8 Å². The van der Waals surface area contributed by atoms with Gasteiger partial charge in [-0.05, 0) is 24.1 Å². The van der Waals surface area contributed by atoms with E-state index in [0.29, 0.717) is 11.3 Å². The molecule has 3 amide bonds. The minimum absolute atomic E-state index is 0.00530. The Hall–Kier alpha value is -3.93. The fourth-order valence-electron chi connectivity index (χ4n) is 2.91. The van der Waals surface area contributed by atoms with Crippen LogP contribution in [0.25, 0.3) is 0 Å². The zero-order valence-electron chi connectivity index (χ0n) is 17.9. The van der Waals surface area contributed by atoms with Crippen molar-refractivity contribution in [2.45, 2.75) is 44.4 Å². The molecule has 0 radical (unpaired) electrons. The number of amides is 3. The minimum atomic E-state index is -1.32. The lowest BCUT2D eigenvalue weighted by molar-refractivity contribution is -0.138. The predicted octanol–water partition coefficient (Wildman–Crippen LogP) is -1.16. The van der Waals surface area contributed by atoms with Crippen LogP contribution < -0.4 is 16.0 Å². The SMILES string of the molecule is CCC(O)C(=O)N[C@@H](Cc1ccc(O)cc1)C(=O)N[C@@H](Cc1cnc[nH]1)C(=O)NCC(=O)O. The summed E-state index contributed by atoms with van der Waals surface area (Å²) >= 11 is 0. The van der Waals surface area contributed by atoms with Crippen LogP contribution in [0.4, 0.5) is 0 Å². The van der Waals surface area contributed by atoms with E-state index >= 15 is 0 Å². The average molecular weight is 461 g/mol. The van der Waals surface area contributed by atoms with Crippen molar-refractivity contribution in [1.29, 1.82) is 0 Å². The van der Waals surface area contributed by atoms with Crippen LogP contribution >= 0.6 is 0 Å². The quantitative estimate of drug-likeness (QED) is 0.206. The Balaban J connectivity index is 2.21. The number of aromatic nitrogens is 2. The Morgan fingerprint density at radius 3 is 2.21 bits per heavy atom. The van der Waals surface area contributed by atoms with E-state index in [4.69, 9.17) is 5.11 Å². The standard InChI is InChI=1S/C21H27N5O7/c1-2-17(28)21(33)26-15(7-12-3-5-14(27)6-4-12)20(32)25-16(8-13-9-22-11-24-13)19(31)23-10-18(29)30/h3-6,9,11,15-17,27-28H,2,7-8,10H2,1H3,(H,22,24)(H,23,31)(H,25,32)(H,26,33)(H,29,30)/t15-,16-,17?/m0/s1. The Bertz CT molecular complexity index is 946. The number of carboxylic acid groups (broad SMARTS) is 1. The number of aromatic amines is 1. The largest absolute Gasteiger partial charge is 0.508 e. The summed E-state index contributed by atoms with van der Waals surface area (Å²) in [5.41, 5.74) is 1.13. The number of hydrogen-bond acceptors (Lipinski definition) is 7. The van der Waals surface area contributed by atoms with Crippen LogP contribution in [-0.4, -0.2) is 73.7 Å². The zero-order valence-corrected chi connectivity index (χ0v) is 17.9. The molecule has 0 aliphatic heterocycles. The number of phenols is 1. The normalized spacial score (nSPS) is 13.4. The van der Waals surface area contributed by atoms with Crippen molar-refractivity contribution in [2.75, 3.05) is 6.54 Å². The number of carbonyl (C=O) groups excluding carboxylic acids is 3. The Labute approximate surface area is 189 Å². The molecule has 0 spiro atoms. The van der Waals surface area contributed by atoms with Gasteiger partial charge in [0.1, 0.15) is 30.5 Å². The summed E-state index contributed by atoms with van der Waals surface area (Å²) in [6.07, 6.45) is 1.68. The number of nitrogens with one attached hydrogen (secondary N) is 4. The number of rotatable bonds is 12. The van der Waals surface area contributed by atoms with Gasteiger partial charge in [0, 0.05) is 24.7 Å². The van der Waals surface area contributed by atoms with Gasteiger partial charge in [0.2, 0.25) is 17.7 Å². The van der Waals surface area contributed by atoms with E-state index in [0.717, 1.165) is 0 Å². The molecule has 0 aliphatic carbocycles. The maximum atomic E-state index is 13.1. The van der Waals surface area contributed by atoms with Gasteiger partial charge in [-0.25, -0.2) is 4.98 Å². The second-order valence-electron chi connectivity index (χ2n) is 7.31. The summed E-state index contributed by atoms with van der Waals surface area (Å²) in [5, 5.41) is 35.3. The smallest absolute Gasteiger partial charge is 0.322 e. The van der Waals surface area contributed by atoms with E-state index in [9.17, 15) is 29.4 Å². The highest BCUT2D eigenvalue weighted by Gasteiger charge is 2.29. The minimum Gasteiger partial charge on any atom is -0.508 e. The molecule has 0 bridgehead atoms. The fraction of sp³-hybridized carbons (Fsp3) is 0.381. The number of carbonyl (C=O) groups is 4. The van der Waals surface area contributed by atoms with Crippen molar-refractivity contribution in [3.8, 4) is 5.75 Å². The first-order valence-corrected chi connectivity index (χ1v) is 10.2. The summed E-state index contributed by atoms with van der Waals surface area (Å²) in [6.45, 7) is 0.969. The van der Waals surface area contributed by atoms with Crippen LogP contribution in [0, 0.1) is 0 Å². The number of imidazole rings is 1. The number of aliphatic hydroxyl groups is 1. The molecule has 7 N–H and O–H groups in total. The highest BCUT2D eigenvalue weighted by Crippen LogP contribution is 2.12. The first-order chi connectivity index (χ1) is 15.7. The molecule has 3 atom stereocenters. The second kappa shape index (κ2) is 12.2. The number of carboxylic acids is 1. The van der Waals surface area contributed by atoms with E-state index in [2.05, 4.69) is 25.9 Å². The lowest BCUT2D eigenvalue weighted by atomic mass is 10.0. The number of aliphatic hydroxyl groups excluding tert-OH is 1. The number of phenolic OH excluding ortho intramolecular Hbond substituents is 1. The van der Waals surface area contributed by atoms with Gasteiger partial charge in [-0.2, -0.15) is 0 Å². The number of hydrogen-bond donors (Lipinski definition) is 7. The van der Waals surface area contributed by atoms with Gasteiger partial charge < -0.3 is 36.3 Å². The van der Waals surface area contributed by atoms with E-state index in [1.165, 1.54) is 24.7 Å². The summed E-state index contributed by atoms with van der Waals surface area (Å²) in [7, 11) is 0. The number of H-pyrrole nitrogens is 1. The first-order valence-electron chi connectivity index (χ1n) is 10.2. The van der Waals surface area contributed by atoms with Crippen molar-refractivity contribution < 1.29 is 34.5 Å². The molecular formula is C21H27N5O7. The van der Waals surface area contributed by atoms with Crippen LogP contribution in [0.1, 0.15) is 24.6 Å². The molecule has 2 rings (SSSR count). The average Bonchev–Trinajstić information content (AvgIpc) is 3.30. The predicted molar refractivity (Wildman–Crippen MR) is 115 cm³/mol. The molecule has 12 nitrogen and oxygen atoms in total. The van der Waals surface area contributed by atoms with Gasteiger partial charge in [-0.1, -0.05) is 19.1 Å². The number of benzene rings is 1. The Morgan fingerprint density at radius 1 is 1.00 bits per heavy atom. The monoisotopic (exact) mass is 461 g/mol. The fourth-order valence-corrected chi connectivity index (χ4v) is 2.91. The van der Waals surface area contributed by atoms with Gasteiger partial charge in [0.25, 0.3) is 0 Å². The molecule has 1 heterocycles. The Kier molecular flexibility index (Phi) is 9.36. The van der Waals surface area contributed by atoms with E-state index < -0.39 is 48.4 Å². The Morgan fingerprint density at radius 2 is 1.64 bits per heavy atom. The van der Waals surface area contributed by atoms with Crippen LogP contribution in [0.3, 0.4) is 0 Å². The third-order valence-corrected chi connectivity index (χ3v) is 4.72. The van der Waals surface area contributed by atoms with E-state index in [-0.39, 0.29) is 25.0 Å². The number of aromatic hydroxyl groups is 1. The molecular weight excluding hydrogens is 434 g/mol. The van der Waals surface area contributed by atoms with Gasteiger partial charge in [-0.15, -0.1) is 0 Å². The van der Waals surface area contributed by atoms with Crippen LogP contribution in [0.2, 0.25) is 0 Å². The molecule has 12 heteroatoms. The lowest BCUT2D eigenvalue weighted by Gasteiger charge is -2.23. The molecule has 0 saturated carbocycles. The van der Waals surface area contributed by atoms with Gasteiger partial charge >= 0.3 is 5.97 Å². The lowest BCUT2D eigenvalue weighted by Crippen LogP contribution is -2.56. The number of aliphatic carboxylic acids is 1. The molecule has 33 heavy (non-hydrogen) atoms. The summed E-state index contributed by atoms with van der Waals surface area (Å²) in [6, 6.07) is 3.67. The zero-order chi connectivity index (χ0) is 24.4. The van der Waals surface area contributed by atoms with Gasteiger partial charge in [0.05, 0.1) is 6.33 Å². The molecule has 178 valence electrons. The third-order valence-electron chi connectivity index (χ3n) is 4.72. The third kappa shape index (κ3) is 8.26. The van der Waals surface area contributed by atoms with Gasteiger partial charge in [0.15, 0.2) is 0 Å². The summed E-state index contributed by atoms with van der Waals surface area (Å²) in [4.78, 5) is 55.3. The molecule has 1 aromatic carbocycles. The maximum absolute atomic E-state index is 13.1. The molecule has 2 aromatic rings. The molecule has 0 aliphatic rings. The molecule has 1 aromatic heterocycles. The van der Waals surface area contributed by atoms with Crippen molar-refractivity contribution in [3.63, 3.8) is 0 Å². The highest BCUT2D eigenvalue weighted by molar-refractivity contribution is 5.93. The van der Waals surface area contributed by atoms with Crippen molar-refractivity contribution in [2.24, 2.45) is 0 Å². The van der Waals surface area contributed by atoms with Crippen molar-refractivity contribution in [1.82, 2.24) is 25.9 Å². The summed E-state index contributed by atoms with van der Waals surface area (Å²) in [5.74, 6) is -3.42. The van der Waals surface area contributed by atoms with Gasteiger partial charge in [-0.3, -0.25) is 19.2 Å².